The normalized spacial score (nSPS) is 11.0. The minimum atomic E-state index is -0.455. The summed E-state index contributed by atoms with van der Waals surface area (Å²) in [6, 6.07) is 11.3. The van der Waals surface area contributed by atoms with E-state index in [1.165, 1.54) is 12.5 Å². The molecule has 0 atom stereocenters. The third-order valence-electron chi connectivity index (χ3n) is 4.85. The summed E-state index contributed by atoms with van der Waals surface area (Å²) in [6.07, 6.45) is 6.48. The molecule has 0 radical (unpaired) electrons. The van der Waals surface area contributed by atoms with Crippen molar-refractivity contribution in [3.63, 3.8) is 0 Å². The Morgan fingerprint density at radius 1 is 1.12 bits per heavy atom. The summed E-state index contributed by atoms with van der Waals surface area (Å²) in [5.41, 5.74) is 9.17. The summed E-state index contributed by atoms with van der Waals surface area (Å²) in [7, 11) is 1.81. The van der Waals surface area contributed by atoms with Crippen molar-refractivity contribution in [3.05, 3.63) is 72.6 Å². The van der Waals surface area contributed by atoms with Gasteiger partial charge in [0.15, 0.2) is 17.2 Å². The number of carbonyl (C=O) groups is 1. The highest BCUT2D eigenvalue weighted by molar-refractivity contribution is 5.98. The number of aromatic nitrogens is 6. The van der Waals surface area contributed by atoms with Crippen molar-refractivity contribution in [2.75, 3.05) is 5.73 Å². The number of aryl methyl sites for hydroxylation is 1. The first kappa shape index (κ1) is 19.4. The molecule has 158 valence electrons. The zero-order valence-electron chi connectivity index (χ0n) is 17.1. The van der Waals surface area contributed by atoms with E-state index in [-0.39, 0.29) is 23.9 Å². The molecule has 0 fully saturated rings. The number of benzene rings is 1. The number of anilines is 1. The summed E-state index contributed by atoms with van der Waals surface area (Å²) in [5.74, 6) is -0.225. The van der Waals surface area contributed by atoms with Crippen molar-refractivity contribution in [2.24, 2.45) is 7.05 Å². The van der Waals surface area contributed by atoms with Crippen molar-refractivity contribution in [3.8, 4) is 22.8 Å². The fraction of sp³-hybridized carbons (Fsp3) is 0.0909. The van der Waals surface area contributed by atoms with Crippen molar-refractivity contribution in [1.82, 2.24) is 35.0 Å². The number of nitrogen functional groups attached to an aromatic ring is 1. The molecule has 10 heteroatoms. The second-order valence-corrected chi connectivity index (χ2v) is 7.07. The molecular weight excluding hydrogens is 408 g/mol. The molecule has 4 heterocycles. The van der Waals surface area contributed by atoms with Crippen LogP contribution in [0.2, 0.25) is 0 Å². The average molecular weight is 426 g/mol. The number of amides is 1. The lowest BCUT2D eigenvalue weighted by Crippen LogP contribution is -2.26. The van der Waals surface area contributed by atoms with Gasteiger partial charge in [-0.15, -0.1) is 0 Å². The maximum atomic E-state index is 12.9. The fourth-order valence-electron chi connectivity index (χ4n) is 3.34. The van der Waals surface area contributed by atoms with E-state index in [0.29, 0.717) is 17.1 Å². The molecule has 1 aromatic carbocycles. The second-order valence-electron chi connectivity index (χ2n) is 7.07. The highest BCUT2D eigenvalue weighted by Gasteiger charge is 2.22. The van der Waals surface area contributed by atoms with Crippen LogP contribution in [0, 0.1) is 0 Å². The van der Waals surface area contributed by atoms with Gasteiger partial charge in [-0.2, -0.15) is 5.10 Å². The number of pyridine rings is 1. The number of nitrogens with one attached hydrogen (secondary N) is 1. The molecule has 0 spiro atoms. The molecule has 1 amide bonds. The highest BCUT2D eigenvalue weighted by atomic mass is 16.3. The number of rotatable bonds is 5. The predicted molar refractivity (Wildman–Crippen MR) is 117 cm³/mol. The van der Waals surface area contributed by atoms with Gasteiger partial charge in [0.1, 0.15) is 12.0 Å². The summed E-state index contributed by atoms with van der Waals surface area (Å²) < 4.78 is 7.10. The summed E-state index contributed by atoms with van der Waals surface area (Å²) in [4.78, 5) is 30.4. The molecular formula is C22H18N8O2. The monoisotopic (exact) mass is 426 g/mol. The van der Waals surface area contributed by atoms with Gasteiger partial charge < -0.3 is 15.5 Å². The molecule has 10 nitrogen and oxygen atoms in total. The Morgan fingerprint density at radius 2 is 2.03 bits per heavy atom. The van der Waals surface area contributed by atoms with Crippen LogP contribution < -0.4 is 11.1 Å². The number of nitrogens with two attached hydrogens (primary N) is 1. The van der Waals surface area contributed by atoms with Crippen LogP contribution in [0.15, 0.2) is 65.7 Å². The van der Waals surface area contributed by atoms with E-state index in [2.05, 4.69) is 30.4 Å². The van der Waals surface area contributed by atoms with E-state index in [9.17, 15) is 4.79 Å². The fourth-order valence-corrected chi connectivity index (χ4v) is 3.34. The van der Waals surface area contributed by atoms with Gasteiger partial charge in [0.25, 0.3) is 5.91 Å². The molecule has 0 aliphatic carbocycles. The van der Waals surface area contributed by atoms with Gasteiger partial charge in [-0.3, -0.25) is 14.5 Å². The van der Waals surface area contributed by atoms with Crippen LogP contribution >= 0.6 is 0 Å². The molecule has 0 aliphatic rings. The highest BCUT2D eigenvalue weighted by Crippen LogP contribution is 2.31. The van der Waals surface area contributed by atoms with Gasteiger partial charge in [-0.05, 0) is 24.3 Å². The lowest BCUT2D eigenvalue weighted by Gasteiger charge is -2.11. The van der Waals surface area contributed by atoms with Crippen LogP contribution in [-0.2, 0) is 13.6 Å². The molecule has 4 aromatic heterocycles. The summed E-state index contributed by atoms with van der Waals surface area (Å²) >= 11 is 0. The number of hydrogen-bond acceptors (Lipinski definition) is 8. The Balaban J connectivity index is 1.57. The van der Waals surface area contributed by atoms with Crippen molar-refractivity contribution >= 4 is 22.6 Å². The molecule has 0 bridgehead atoms. The first-order valence-electron chi connectivity index (χ1n) is 9.78. The van der Waals surface area contributed by atoms with Crippen molar-refractivity contribution in [2.45, 2.75) is 6.54 Å². The minimum Gasteiger partial charge on any atom is -0.443 e. The first-order valence-corrected chi connectivity index (χ1v) is 9.78. The standard InChI is InChI=1S/C22H18N8O2/c1-30-9-6-15(29-30)12-26-21(31)19-20(23)28-18(22-25-8-10-32-22)17(27-19)14-4-5-16-13(11-14)3-2-7-24-16/h2-11H,12H2,1H3,(H2,23,28)(H,26,31). The molecule has 0 unspecified atom stereocenters. The number of carbonyl (C=O) groups excluding carboxylic acids is 1. The average Bonchev–Trinajstić information content (AvgIpc) is 3.49. The maximum Gasteiger partial charge on any atom is 0.274 e. The maximum absolute atomic E-state index is 12.9. The van der Waals surface area contributed by atoms with E-state index in [4.69, 9.17) is 10.2 Å². The summed E-state index contributed by atoms with van der Waals surface area (Å²) in [5, 5.41) is 7.95. The van der Waals surface area contributed by atoms with Gasteiger partial charge >= 0.3 is 0 Å². The number of hydrogen-bond donors (Lipinski definition) is 2. The first-order chi connectivity index (χ1) is 15.6. The molecule has 5 rings (SSSR count). The zero-order valence-corrected chi connectivity index (χ0v) is 17.1. The van der Waals surface area contributed by atoms with Gasteiger partial charge in [0, 0.05) is 30.4 Å². The molecule has 0 aliphatic heterocycles. The van der Waals surface area contributed by atoms with Crippen LogP contribution in [0.3, 0.4) is 0 Å². The van der Waals surface area contributed by atoms with Gasteiger partial charge in [0.05, 0.1) is 24.0 Å². The number of nitrogens with zero attached hydrogens (tertiary/aromatic N) is 6. The quantitative estimate of drug-likeness (QED) is 0.437. The van der Waals surface area contributed by atoms with Gasteiger partial charge in [-0.1, -0.05) is 12.1 Å². The Labute approximate surface area is 182 Å². The lowest BCUT2D eigenvalue weighted by molar-refractivity contribution is 0.0946. The van der Waals surface area contributed by atoms with E-state index in [0.717, 1.165) is 16.5 Å². The topological polar surface area (TPSA) is 138 Å². The zero-order chi connectivity index (χ0) is 22.1. The van der Waals surface area contributed by atoms with Crippen LogP contribution in [0.1, 0.15) is 16.2 Å². The molecule has 0 saturated heterocycles. The SMILES string of the molecule is Cn1ccc(CNC(=O)c2nc(-c3ccc4ncccc4c3)c(-c3ncco3)nc2N)n1. The van der Waals surface area contributed by atoms with Crippen LogP contribution in [-0.4, -0.2) is 35.6 Å². The molecule has 3 N–H and O–H groups in total. The van der Waals surface area contributed by atoms with Gasteiger partial charge in [0.2, 0.25) is 5.89 Å². The van der Waals surface area contributed by atoms with E-state index in [1.807, 2.05) is 43.4 Å². The lowest BCUT2D eigenvalue weighted by atomic mass is 10.1. The minimum absolute atomic E-state index is 0.0116. The Hall–Kier alpha value is -4.60. The Morgan fingerprint density at radius 3 is 2.81 bits per heavy atom. The molecule has 0 saturated carbocycles. The number of fused-ring (bicyclic) bond motifs is 1. The van der Waals surface area contributed by atoms with Crippen molar-refractivity contribution in [1.29, 1.82) is 0 Å². The largest absolute Gasteiger partial charge is 0.443 e. The third-order valence-corrected chi connectivity index (χ3v) is 4.85. The van der Waals surface area contributed by atoms with E-state index >= 15 is 0 Å². The molecule has 32 heavy (non-hydrogen) atoms. The Kier molecular flexibility index (Phi) is 4.79. The van der Waals surface area contributed by atoms with Crippen LogP contribution in [0.4, 0.5) is 5.82 Å². The third kappa shape index (κ3) is 3.65. The van der Waals surface area contributed by atoms with Crippen LogP contribution in [0.5, 0.6) is 0 Å². The second kappa shape index (κ2) is 7.91. The number of oxazole rings is 1. The summed E-state index contributed by atoms with van der Waals surface area (Å²) in [6.45, 7) is 0.235. The van der Waals surface area contributed by atoms with Crippen molar-refractivity contribution < 1.29 is 9.21 Å². The predicted octanol–water partition coefficient (Wildman–Crippen LogP) is 2.59. The molecule has 5 aromatic rings. The smallest absolute Gasteiger partial charge is 0.274 e. The van der Waals surface area contributed by atoms with Gasteiger partial charge in [-0.25, -0.2) is 15.0 Å². The Bertz CT molecular complexity index is 1430. The van der Waals surface area contributed by atoms with E-state index in [1.54, 1.807) is 17.1 Å². The van der Waals surface area contributed by atoms with E-state index < -0.39 is 5.91 Å². The van der Waals surface area contributed by atoms with Crippen LogP contribution in [0.25, 0.3) is 33.7 Å².